The summed E-state index contributed by atoms with van der Waals surface area (Å²) in [5, 5.41) is 49.6. The summed E-state index contributed by atoms with van der Waals surface area (Å²) in [6.07, 6.45) is -8.01. The fraction of sp³-hybridized carbons (Fsp3) is 0.273. The lowest BCUT2D eigenvalue weighted by Gasteiger charge is -2.39. The van der Waals surface area contributed by atoms with E-state index in [9.17, 15) is 35.1 Å². The molecule has 11 heteroatoms. The number of hydrogen-bond donors (Lipinski definition) is 5. The Kier molecular flexibility index (Phi) is 6.31. The molecule has 33 heavy (non-hydrogen) atoms. The minimum Gasteiger partial charge on any atom is -0.499 e. The standard InChI is InChI=1S/C22H20O11/c23-9-14-15(24)16(25)17(26)22(32-14)33-19-12-7-6-11(8-13(12)31-21(29)18(19)27)30-20(28)10-4-2-1-3-5-10/h1-8,14-17,22-27H,9H2/t14-,15+,16+,17-,22+/m1/s1. The fourth-order valence-electron chi connectivity index (χ4n) is 3.35. The van der Waals surface area contributed by atoms with Crippen molar-refractivity contribution in [3.63, 3.8) is 0 Å². The zero-order chi connectivity index (χ0) is 23.7. The molecule has 4 rings (SSSR count). The molecule has 5 N–H and O–H groups in total. The molecule has 0 aliphatic carbocycles. The lowest BCUT2D eigenvalue weighted by Crippen LogP contribution is -2.60. The van der Waals surface area contributed by atoms with Crippen molar-refractivity contribution >= 4 is 16.9 Å². The van der Waals surface area contributed by atoms with E-state index in [1.807, 2.05) is 0 Å². The Hall–Kier alpha value is -3.48. The molecule has 0 bridgehead atoms. The molecule has 1 aliphatic rings. The molecule has 2 heterocycles. The van der Waals surface area contributed by atoms with E-state index in [2.05, 4.69) is 0 Å². The van der Waals surface area contributed by atoms with Crippen LogP contribution in [0.5, 0.6) is 17.2 Å². The molecule has 174 valence electrons. The summed E-state index contributed by atoms with van der Waals surface area (Å²) in [5.74, 6) is -1.97. The number of rotatable bonds is 5. The Morgan fingerprint density at radius 3 is 2.42 bits per heavy atom. The van der Waals surface area contributed by atoms with Crippen LogP contribution in [0.3, 0.4) is 0 Å². The van der Waals surface area contributed by atoms with Crippen LogP contribution >= 0.6 is 0 Å². The number of carbonyl (C=O) groups excluding carboxylic acids is 1. The Morgan fingerprint density at radius 2 is 1.73 bits per heavy atom. The van der Waals surface area contributed by atoms with Gasteiger partial charge in [-0.1, -0.05) is 18.2 Å². The molecule has 0 spiro atoms. The maximum absolute atomic E-state index is 12.3. The SMILES string of the molecule is O=C(Oc1ccc2c(O[C@@H]3O[C@H](CO)[C@H](O)[C@H](O)[C@H]3O)c(O)c(=O)oc2c1)c1ccccc1. The number of carbonyl (C=O) groups is 1. The van der Waals surface area contributed by atoms with Gasteiger partial charge in [0.25, 0.3) is 0 Å². The predicted molar refractivity (Wildman–Crippen MR) is 110 cm³/mol. The second-order valence-electron chi connectivity index (χ2n) is 7.30. The van der Waals surface area contributed by atoms with E-state index in [0.717, 1.165) is 0 Å². The molecule has 3 aromatic rings. The zero-order valence-electron chi connectivity index (χ0n) is 16.9. The van der Waals surface area contributed by atoms with Crippen LogP contribution in [-0.4, -0.2) is 68.8 Å². The Balaban J connectivity index is 1.65. The molecule has 1 saturated heterocycles. The van der Waals surface area contributed by atoms with Gasteiger partial charge in [-0.2, -0.15) is 0 Å². The van der Waals surface area contributed by atoms with Crippen molar-refractivity contribution in [3.05, 3.63) is 64.5 Å². The van der Waals surface area contributed by atoms with Crippen LogP contribution in [-0.2, 0) is 4.74 Å². The van der Waals surface area contributed by atoms with E-state index in [-0.39, 0.29) is 16.7 Å². The van der Waals surface area contributed by atoms with Crippen LogP contribution in [0.25, 0.3) is 11.0 Å². The zero-order valence-corrected chi connectivity index (χ0v) is 16.9. The first kappa shape index (κ1) is 22.7. The van der Waals surface area contributed by atoms with Crippen LogP contribution in [0.2, 0.25) is 0 Å². The molecule has 5 atom stereocenters. The van der Waals surface area contributed by atoms with Crippen LogP contribution in [0, 0.1) is 0 Å². The van der Waals surface area contributed by atoms with E-state index in [1.54, 1.807) is 30.3 Å². The van der Waals surface area contributed by atoms with E-state index in [4.69, 9.17) is 18.6 Å². The van der Waals surface area contributed by atoms with Crippen molar-refractivity contribution in [2.24, 2.45) is 0 Å². The smallest absolute Gasteiger partial charge is 0.382 e. The van der Waals surface area contributed by atoms with Gasteiger partial charge in [-0.3, -0.25) is 0 Å². The minimum absolute atomic E-state index is 0.0454. The fourth-order valence-corrected chi connectivity index (χ4v) is 3.35. The van der Waals surface area contributed by atoms with E-state index in [0.29, 0.717) is 5.56 Å². The number of hydrogen-bond acceptors (Lipinski definition) is 11. The third-order valence-electron chi connectivity index (χ3n) is 5.11. The van der Waals surface area contributed by atoms with Crippen LogP contribution in [0.15, 0.2) is 57.7 Å². The van der Waals surface area contributed by atoms with Gasteiger partial charge in [-0.15, -0.1) is 0 Å². The third-order valence-corrected chi connectivity index (χ3v) is 5.11. The first-order valence-corrected chi connectivity index (χ1v) is 9.84. The van der Waals surface area contributed by atoms with Crippen molar-refractivity contribution in [3.8, 4) is 17.2 Å². The molecule has 0 unspecified atom stereocenters. The van der Waals surface area contributed by atoms with Gasteiger partial charge >= 0.3 is 11.6 Å². The largest absolute Gasteiger partial charge is 0.499 e. The molecule has 2 aromatic carbocycles. The highest BCUT2D eigenvalue weighted by atomic mass is 16.7. The number of aliphatic hydroxyl groups is 4. The first-order valence-electron chi connectivity index (χ1n) is 9.84. The maximum Gasteiger partial charge on any atom is 0.382 e. The van der Waals surface area contributed by atoms with Gasteiger partial charge in [-0.05, 0) is 24.3 Å². The van der Waals surface area contributed by atoms with Crippen LogP contribution in [0.1, 0.15) is 10.4 Å². The summed E-state index contributed by atoms with van der Waals surface area (Å²) in [7, 11) is 0. The summed E-state index contributed by atoms with van der Waals surface area (Å²) in [6.45, 7) is -0.690. The van der Waals surface area contributed by atoms with Gasteiger partial charge in [0, 0.05) is 6.07 Å². The molecular formula is C22H20O11. The average molecular weight is 460 g/mol. The van der Waals surface area contributed by atoms with E-state index >= 15 is 0 Å². The van der Waals surface area contributed by atoms with Crippen molar-refractivity contribution in [2.75, 3.05) is 6.61 Å². The number of ether oxygens (including phenoxy) is 3. The minimum atomic E-state index is -1.77. The normalized spacial score (nSPS) is 25.0. The topological polar surface area (TPSA) is 176 Å². The van der Waals surface area contributed by atoms with E-state index in [1.165, 1.54) is 18.2 Å². The number of aromatic hydroxyl groups is 1. The quantitative estimate of drug-likeness (QED) is 0.195. The van der Waals surface area contributed by atoms with Gasteiger partial charge < -0.3 is 44.2 Å². The molecule has 11 nitrogen and oxygen atoms in total. The lowest BCUT2D eigenvalue weighted by molar-refractivity contribution is -0.277. The van der Waals surface area contributed by atoms with Gasteiger partial charge in [0.2, 0.25) is 12.0 Å². The maximum atomic E-state index is 12.3. The molecule has 1 aromatic heterocycles. The Morgan fingerprint density at radius 1 is 1.00 bits per heavy atom. The van der Waals surface area contributed by atoms with Gasteiger partial charge in [-0.25, -0.2) is 9.59 Å². The number of fused-ring (bicyclic) bond motifs is 1. The third kappa shape index (κ3) is 4.40. The van der Waals surface area contributed by atoms with E-state index < -0.39 is 60.4 Å². The number of benzene rings is 2. The lowest BCUT2D eigenvalue weighted by atomic mass is 9.99. The number of esters is 1. The average Bonchev–Trinajstić information content (AvgIpc) is 2.82. The van der Waals surface area contributed by atoms with Crippen molar-refractivity contribution in [2.45, 2.75) is 30.7 Å². The van der Waals surface area contributed by atoms with Crippen molar-refractivity contribution < 1.29 is 49.0 Å². The predicted octanol–water partition coefficient (Wildman–Crippen LogP) is -0.104. The first-order chi connectivity index (χ1) is 15.8. The van der Waals surface area contributed by atoms with Crippen LogP contribution < -0.4 is 15.1 Å². The second kappa shape index (κ2) is 9.17. The van der Waals surface area contributed by atoms with Gasteiger partial charge in [0.1, 0.15) is 35.7 Å². The monoisotopic (exact) mass is 460 g/mol. The summed E-state index contributed by atoms with van der Waals surface area (Å²) >= 11 is 0. The van der Waals surface area contributed by atoms with Gasteiger partial charge in [0.15, 0.2) is 5.75 Å². The van der Waals surface area contributed by atoms with Crippen LogP contribution in [0.4, 0.5) is 0 Å². The summed E-state index contributed by atoms with van der Waals surface area (Å²) < 4.78 is 21.1. The molecule has 0 saturated carbocycles. The van der Waals surface area contributed by atoms with Gasteiger partial charge in [0.05, 0.1) is 17.6 Å². The van der Waals surface area contributed by atoms with Crippen molar-refractivity contribution in [1.82, 2.24) is 0 Å². The Bertz CT molecular complexity index is 1200. The number of aliphatic hydroxyl groups excluding tert-OH is 4. The summed E-state index contributed by atoms with van der Waals surface area (Å²) in [5.41, 5.74) is -0.999. The van der Waals surface area contributed by atoms with Crippen molar-refractivity contribution in [1.29, 1.82) is 0 Å². The molecular weight excluding hydrogens is 440 g/mol. The summed E-state index contributed by atoms with van der Waals surface area (Å²) in [4.78, 5) is 24.4. The molecule has 1 fully saturated rings. The Labute approximate surface area is 185 Å². The highest BCUT2D eigenvalue weighted by molar-refractivity contribution is 5.92. The molecule has 1 aliphatic heterocycles. The second-order valence-corrected chi connectivity index (χ2v) is 7.30. The highest BCUT2D eigenvalue weighted by Crippen LogP contribution is 2.36. The highest BCUT2D eigenvalue weighted by Gasteiger charge is 2.45. The summed E-state index contributed by atoms with van der Waals surface area (Å²) in [6, 6.07) is 12.1. The molecule has 0 radical (unpaired) electrons. The molecule has 0 amide bonds.